The molecule has 15 heavy (non-hydrogen) atoms. The summed E-state index contributed by atoms with van der Waals surface area (Å²) in [7, 11) is 0. The molecule has 0 aliphatic carbocycles. The minimum atomic E-state index is -0.901. The quantitative estimate of drug-likeness (QED) is 0.535. The first-order valence-corrected chi connectivity index (χ1v) is 4.49. The van der Waals surface area contributed by atoms with Gasteiger partial charge in [-0.15, -0.1) is 0 Å². The van der Waals surface area contributed by atoms with Crippen LogP contribution >= 0.6 is 0 Å². The summed E-state index contributed by atoms with van der Waals surface area (Å²) in [6.45, 7) is 2.24. The smallest absolute Gasteiger partial charge is 0.318 e. The fraction of sp³-hybridized carbons (Fsp3) is 0.625. The number of nitrogens with zero attached hydrogens (tertiary/aromatic N) is 1. The largest absolute Gasteiger partial charge is 0.481 e. The van der Waals surface area contributed by atoms with Crippen molar-refractivity contribution in [2.24, 2.45) is 11.7 Å². The lowest BCUT2D eigenvalue weighted by molar-refractivity contribution is -0.150. The van der Waals surface area contributed by atoms with E-state index in [1.807, 2.05) is 5.32 Å². The van der Waals surface area contributed by atoms with Gasteiger partial charge in [0.1, 0.15) is 0 Å². The van der Waals surface area contributed by atoms with E-state index in [2.05, 4.69) is 0 Å². The molecule has 84 valence electrons. The Kier molecular flexibility index (Phi) is 3.25. The summed E-state index contributed by atoms with van der Waals surface area (Å²) in [6.07, 6.45) is 0. The number of carbonyl (C=O) groups is 3. The lowest BCUT2D eigenvalue weighted by Gasteiger charge is -2.39. The fourth-order valence-corrected chi connectivity index (χ4v) is 1.38. The molecule has 0 aromatic heterocycles. The molecule has 1 rings (SSSR count). The molecule has 1 aliphatic rings. The minimum absolute atomic E-state index is 0.322. The van der Waals surface area contributed by atoms with E-state index < -0.39 is 29.9 Å². The average Bonchev–Trinajstić information content (AvgIpc) is 1.98. The lowest BCUT2D eigenvalue weighted by atomic mass is 9.98. The molecule has 1 unspecified atom stereocenters. The Balaban J connectivity index is 2.37. The third kappa shape index (κ3) is 2.66. The summed E-state index contributed by atoms with van der Waals surface area (Å²) in [4.78, 5) is 33.8. The Morgan fingerprint density at radius 2 is 2.00 bits per heavy atom. The third-order valence-electron chi connectivity index (χ3n) is 2.43. The van der Waals surface area contributed by atoms with Crippen LogP contribution in [0.2, 0.25) is 0 Å². The number of hydrogen-bond donors (Lipinski definition) is 3. The van der Waals surface area contributed by atoms with Crippen molar-refractivity contribution in [1.29, 1.82) is 0 Å². The van der Waals surface area contributed by atoms with Crippen LogP contribution in [0.3, 0.4) is 0 Å². The molecule has 1 heterocycles. The van der Waals surface area contributed by atoms with Gasteiger partial charge in [-0.05, 0) is 6.92 Å². The maximum Gasteiger partial charge on any atom is 0.318 e. The van der Waals surface area contributed by atoms with E-state index in [1.165, 1.54) is 0 Å². The Bertz CT molecular complexity index is 298. The molecule has 1 fully saturated rings. The third-order valence-corrected chi connectivity index (χ3v) is 2.43. The number of nitrogens with one attached hydrogen (secondary N) is 1. The Hall–Kier alpha value is -1.63. The Morgan fingerprint density at radius 1 is 1.47 bits per heavy atom. The van der Waals surface area contributed by atoms with E-state index in [9.17, 15) is 14.4 Å². The number of urea groups is 1. The van der Waals surface area contributed by atoms with Crippen LogP contribution in [0.1, 0.15) is 6.92 Å². The normalized spacial score (nSPS) is 19.0. The fourth-order valence-electron chi connectivity index (χ4n) is 1.38. The highest BCUT2D eigenvalue weighted by Crippen LogP contribution is 2.18. The van der Waals surface area contributed by atoms with Crippen molar-refractivity contribution in [2.75, 3.05) is 13.1 Å². The topological polar surface area (TPSA) is 113 Å². The van der Waals surface area contributed by atoms with Crippen LogP contribution in [0, 0.1) is 5.92 Å². The first kappa shape index (κ1) is 11.4. The van der Waals surface area contributed by atoms with Crippen LogP contribution in [0.25, 0.3) is 0 Å². The SMILES string of the molecule is CC(C(=O)NC(N)=O)N1CC(C(=O)O)C1. The van der Waals surface area contributed by atoms with Crippen molar-refractivity contribution in [2.45, 2.75) is 13.0 Å². The van der Waals surface area contributed by atoms with Gasteiger partial charge in [-0.3, -0.25) is 19.8 Å². The second-order valence-electron chi connectivity index (χ2n) is 3.52. The highest BCUT2D eigenvalue weighted by molar-refractivity contribution is 5.96. The van der Waals surface area contributed by atoms with Crippen LogP contribution < -0.4 is 11.1 Å². The first-order valence-electron chi connectivity index (χ1n) is 4.49. The molecule has 0 aromatic rings. The summed E-state index contributed by atoms with van der Waals surface area (Å²) in [5.74, 6) is -1.80. The van der Waals surface area contributed by atoms with Gasteiger partial charge in [0, 0.05) is 13.1 Å². The van der Waals surface area contributed by atoms with E-state index in [-0.39, 0.29) is 0 Å². The van der Waals surface area contributed by atoms with E-state index in [4.69, 9.17) is 10.8 Å². The van der Waals surface area contributed by atoms with Gasteiger partial charge in [0.25, 0.3) is 0 Å². The van der Waals surface area contributed by atoms with E-state index in [1.54, 1.807) is 11.8 Å². The van der Waals surface area contributed by atoms with Crippen LogP contribution in [0.5, 0.6) is 0 Å². The number of imide groups is 1. The molecule has 4 N–H and O–H groups in total. The highest BCUT2D eigenvalue weighted by Gasteiger charge is 2.37. The zero-order chi connectivity index (χ0) is 11.6. The Labute approximate surface area is 86.2 Å². The molecule has 0 radical (unpaired) electrons. The number of carboxylic acids is 1. The van der Waals surface area contributed by atoms with Gasteiger partial charge in [-0.25, -0.2) is 4.79 Å². The molecule has 7 heteroatoms. The number of aliphatic carboxylic acids is 1. The molecule has 0 saturated carbocycles. The molecular weight excluding hydrogens is 202 g/mol. The van der Waals surface area contributed by atoms with E-state index in [0.29, 0.717) is 13.1 Å². The molecular formula is C8H13N3O4. The second kappa shape index (κ2) is 4.26. The monoisotopic (exact) mass is 215 g/mol. The summed E-state index contributed by atoms with van der Waals surface area (Å²) >= 11 is 0. The molecule has 0 bridgehead atoms. The van der Waals surface area contributed by atoms with Crippen LogP contribution in [-0.4, -0.2) is 47.0 Å². The number of carbonyl (C=O) groups excluding carboxylic acids is 2. The second-order valence-corrected chi connectivity index (χ2v) is 3.52. The Morgan fingerprint density at radius 3 is 2.40 bits per heavy atom. The van der Waals surface area contributed by atoms with Crippen LogP contribution in [-0.2, 0) is 9.59 Å². The number of hydrogen-bond acceptors (Lipinski definition) is 4. The summed E-state index contributed by atoms with van der Waals surface area (Å²) in [6, 6.07) is -1.43. The lowest BCUT2D eigenvalue weighted by Crippen LogP contribution is -2.58. The van der Waals surface area contributed by atoms with Gasteiger partial charge in [-0.2, -0.15) is 0 Å². The molecule has 1 atom stereocenters. The zero-order valence-electron chi connectivity index (χ0n) is 8.27. The van der Waals surface area contributed by atoms with Crippen LogP contribution in [0.4, 0.5) is 4.79 Å². The zero-order valence-corrected chi connectivity index (χ0v) is 8.27. The van der Waals surface area contributed by atoms with E-state index >= 15 is 0 Å². The minimum Gasteiger partial charge on any atom is -0.481 e. The number of carboxylic acid groups (broad SMARTS) is 1. The summed E-state index contributed by atoms with van der Waals surface area (Å²) in [5, 5.41) is 10.6. The first-order chi connectivity index (χ1) is 6.91. The molecule has 3 amide bonds. The standard InChI is InChI=1S/C8H13N3O4/c1-4(6(12)10-8(9)15)11-2-5(3-11)7(13)14/h4-5H,2-3H2,1H3,(H,13,14)(H3,9,10,12,15). The number of amides is 3. The van der Waals surface area contributed by atoms with Crippen molar-refractivity contribution in [1.82, 2.24) is 10.2 Å². The van der Waals surface area contributed by atoms with Crippen molar-refractivity contribution >= 4 is 17.9 Å². The average molecular weight is 215 g/mol. The number of nitrogens with two attached hydrogens (primary N) is 1. The van der Waals surface area contributed by atoms with Crippen molar-refractivity contribution < 1.29 is 19.5 Å². The van der Waals surface area contributed by atoms with Gasteiger partial charge in [0.2, 0.25) is 5.91 Å². The summed E-state index contributed by atoms with van der Waals surface area (Å²) in [5.41, 5.74) is 4.78. The van der Waals surface area contributed by atoms with Gasteiger partial charge in [-0.1, -0.05) is 0 Å². The van der Waals surface area contributed by atoms with Crippen molar-refractivity contribution in [3.63, 3.8) is 0 Å². The van der Waals surface area contributed by atoms with Crippen LogP contribution in [0.15, 0.2) is 0 Å². The molecule has 0 aromatic carbocycles. The van der Waals surface area contributed by atoms with Gasteiger partial charge in [0.05, 0.1) is 12.0 Å². The van der Waals surface area contributed by atoms with Gasteiger partial charge >= 0.3 is 12.0 Å². The van der Waals surface area contributed by atoms with Gasteiger partial charge in [0.15, 0.2) is 0 Å². The number of likely N-dealkylation sites (tertiary alicyclic amines) is 1. The summed E-state index contributed by atoms with van der Waals surface area (Å²) < 4.78 is 0. The molecule has 7 nitrogen and oxygen atoms in total. The predicted molar refractivity (Wildman–Crippen MR) is 49.9 cm³/mol. The van der Waals surface area contributed by atoms with Crippen molar-refractivity contribution in [3.8, 4) is 0 Å². The maximum atomic E-state index is 11.3. The molecule has 1 aliphatic heterocycles. The molecule has 1 saturated heterocycles. The maximum absolute atomic E-state index is 11.3. The van der Waals surface area contributed by atoms with Gasteiger partial charge < -0.3 is 10.8 Å². The number of primary amides is 1. The van der Waals surface area contributed by atoms with E-state index in [0.717, 1.165) is 0 Å². The molecule has 0 spiro atoms. The van der Waals surface area contributed by atoms with Crippen molar-refractivity contribution in [3.05, 3.63) is 0 Å². The highest BCUT2D eigenvalue weighted by atomic mass is 16.4. The number of rotatable bonds is 3. The predicted octanol–water partition coefficient (Wildman–Crippen LogP) is -1.41.